The monoisotopic (exact) mass is 533 g/mol. The van der Waals surface area contributed by atoms with Crippen LogP contribution < -0.4 is 10.6 Å². The zero-order valence-electron chi connectivity index (χ0n) is 23.1. The highest BCUT2D eigenvalue weighted by Gasteiger charge is 2.43. The molecule has 2 aliphatic heterocycles. The lowest BCUT2D eigenvalue weighted by molar-refractivity contribution is -0.156. The SMILES string of the molecule is C.CCC1O[C@@H](C)C(NC(C)=O)[C@@H](C)[C@@H]1O.CCC1O[C@@H](C)C(NC(C)=O)[C@@H](C)[C@@H]1OP(C)(C)=O.[B]. The molecule has 0 spiro atoms. The van der Waals surface area contributed by atoms with Crippen molar-refractivity contribution >= 4 is 27.6 Å². The first-order valence-corrected chi connectivity index (χ1v) is 14.9. The van der Waals surface area contributed by atoms with Crippen LogP contribution in [-0.4, -0.2) is 87.4 Å². The minimum atomic E-state index is -2.60. The van der Waals surface area contributed by atoms with Crippen molar-refractivity contribution in [3.05, 3.63) is 0 Å². The number of aliphatic hydroxyl groups excluding tert-OH is 1. The summed E-state index contributed by atoms with van der Waals surface area (Å²) in [5.74, 6) is -0.0740. The Morgan fingerprint density at radius 3 is 1.61 bits per heavy atom. The van der Waals surface area contributed by atoms with Crippen LogP contribution in [-0.2, 0) is 28.2 Å². The smallest absolute Gasteiger partial charge is 0.217 e. The summed E-state index contributed by atoms with van der Waals surface area (Å²) in [6.07, 6.45) is 0.536. The van der Waals surface area contributed by atoms with Gasteiger partial charge in [-0.15, -0.1) is 0 Å². The van der Waals surface area contributed by atoms with E-state index in [0.29, 0.717) is 0 Å². The maximum atomic E-state index is 11.9. The van der Waals surface area contributed by atoms with Crippen molar-refractivity contribution in [3.63, 3.8) is 0 Å². The quantitative estimate of drug-likeness (QED) is 0.354. The van der Waals surface area contributed by atoms with Crippen molar-refractivity contribution in [3.8, 4) is 0 Å². The first-order chi connectivity index (χ1) is 15.6. The second-order valence-corrected chi connectivity index (χ2v) is 12.8. The van der Waals surface area contributed by atoms with Crippen LogP contribution in [0.1, 0.15) is 75.7 Å². The number of aliphatic hydroxyl groups is 1. The van der Waals surface area contributed by atoms with E-state index >= 15 is 0 Å². The van der Waals surface area contributed by atoms with Gasteiger partial charge in [-0.3, -0.25) is 14.2 Å². The van der Waals surface area contributed by atoms with Gasteiger partial charge in [-0.25, -0.2) is 0 Å². The molecule has 36 heavy (non-hydrogen) atoms. The lowest BCUT2D eigenvalue weighted by Crippen LogP contribution is -2.58. The molecule has 2 fully saturated rings. The molecule has 0 aliphatic carbocycles. The Labute approximate surface area is 221 Å². The molecule has 0 saturated carbocycles. The molecule has 0 bridgehead atoms. The molecule has 3 N–H and O–H groups in total. The summed E-state index contributed by atoms with van der Waals surface area (Å²) < 4.78 is 29.3. The van der Waals surface area contributed by atoms with Crippen LogP contribution in [0.2, 0.25) is 0 Å². The molecule has 0 aromatic heterocycles. The summed E-state index contributed by atoms with van der Waals surface area (Å²) in [5, 5.41) is 15.7. The number of hydrogen-bond donors (Lipinski definition) is 3. The number of rotatable bonds is 6. The van der Waals surface area contributed by atoms with Gasteiger partial charge < -0.3 is 29.7 Å². The molecule has 2 aliphatic rings. The summed E-state index contributed by atoms with van der Waals surface area (Å²) in [6, 6.07) is -0.211. The third-order valence-electron chi connectivity index (χ3n) is 6.65. The maximum Gasteiger partial charge on any atom is 0.217 e. The zero-order valence-corrected chi connectivity index (χ0v) is 24.0. The van der Waals surface area contributed by atoms with Gasteiger partial charge in [0.2, 0.25) is 11.8 Å². The van der Waals surface area contributed by atoms with Gasteiger partial charge in [0.15, 0.2) is 7.37 Å². The van der Waals surface area contributed by atoms with E-state index in [1.807, 2.05) is 41.5 Å². The van der Waals surface area contributed by atoms with E-state index < -0.39 is 13.5 Å². The highest BCUT2D eigenvalue weighted by Crippen LogP contribution is 2.44. The third kappa shape index (κ3) is 10.8. The number of carbonyl (C=O) groups is 2. The largest absolute Gasteiger partial charge is 0.390 e. The van der Waals surface area contributed by atoms with Crippen LogP contribution in [0.5, 0.6) is 0 Å². The van der Waals surface area contributed by atoms with Crippen molar-refractivity contribution in [2.24, 2.45) is 11.8 Å². The van der Waals surface area contributed by atoms with Gasteiger partial charge in [0.25, 0.3) is 0 Å². The van der Waals surface area contributed by atoms with Gasteiger partial charge in [0.1, 0.15) is 0 Å². The predicted octanol–water partition coefficient (Wildman–Crippen LogP) is 3.19. The Balaban J connectivity index is 0. The van der Waals surface area contributed by atoms with Gasteiger partial charge >= 0.3 is 0 Å². The van der Waals surface area contributed by atoms with Gasteiger partial charge in [0, 0.05) is 47.4 Å². The van der Waals surface area contributed by atoms with Gasteiger partial charge in [0.05, 0.1) is 48.7 Å². The molecule has 3 radical (unpaired) electrons. The van der Waals surface area contributed by atoms with Crippen molar-refractivity contribution < 1.29 is 33.3 Å². The van der Waals surface area contributed by atoms with Crippen LogP contribution in [0.3, 0.4) is 0 Å². The summed E-state index contributed by atoms with van der Waals surface area (Å²) in [7, 11) is -2.60. The molecule has 11 heteroatoms. The van der Waals surface area contributed by atoms with E-state index in [-0.39, 0.29) is 82.1 Å². The average molecular weight is 533 g/mol. The highest BCUT2D eigenvalue weighted by molar-refractivity contribution is 7.57. The fraction of sp³-hybridized carbons (Fsp3) is 0.920. The van der Waals surface area contributed by atoms with E-state index in [0.717, 1.165) is 12.8 Å². The van der Waals surface area contributed by atoms with Crippen LogP contribution in [0.15, 0.2) is 0 Å². The van der Waals surface area contributed by atoms with Crippen LogP contribution in [0, 0.1) is 11.8 Å². The summed E-state index contributed by atoms with van der Waals surface area (Å²) in [5.41, 5.74) is 0. The Morgan fingerprint density at radius 2 is 1.25 bits per heavy atom. The highest BCUT2D eigenvalue weighted by atomic mass is 31.2. The van der Waals surface area contributed by atoms with Crippen LogP contribution in [0.25, 0.3) is 0 Å². The van der Waals surface area contributed by atoms with Gasteiger partial charge in [-0.1, -0.05) is 35.1 Å². The summed E-state index contributed by atoms with van der Waals surface area (Å²) in [6.45, 7) is 18.1. The Morgan fingerprint density at radius 1 is 0.861 bits per heavy atom. The molecule has 0 aromatic carbocycles. The van der Waals surface area contributed by atoms with E-state index in [9.17, 15) is 19.3 Å². The topological polar surface area (TPSA) is 123 Å². The molecule has 2 saturated heterocycles. The molecular formula is C25H51BN2O7P. The fourth-order valence-corrected chi connectivity index (χ4v) is 5.83. The Hall–Kier alpha value is -0.925. The second kappa shape index (κ2) is 16.1. The zero-order chi connectivity index (χ0) is 26.4. The van der Waals surface area contributed by atoms with Crippen molar-refractivity contribution in [2.75, 3.05) is 13.3 Å². The normalized spacial score (nSPS) is 36.2. The van der Waals surface area contributed by atoms with Crippen LogP contribution in [0.4, 0.5) is 0 Å². The third-order valence-corrected chi connectivity index (χ3v) is 7.40. The van der Waals surface area contributed by atoms with Crippen molar-refractivity contribution in [1.82, 2.24) is 10.6 Å². The van der Waals surface area contributed by atoms with E-state index in [4.69, 9.17) is 14.0 Å². The number of carbonyl (C=O) groups excluding carboxylic acids is 2. The Bertz CT molecular complexity index is 723. The molecule has 2 amide bonds. The molecule has 211 valence electrons. The fourth-order valence-electron chi connectivity index (χ4n) is 4.92. The molecule has 2 rings (SSSR count). The molecule has 9 nitrogen and oxygen atoms in total. The minimum absolute atomic E-state index is 0. The summed E-state index contributed by atoms with van der Waals surface area (Å²) in [4.78, 5) is 22.3. The average Bonchev–Trinajstić information content (AvgIpc) is 2.72. The molecule has 2 heterocycles. The van der Waals surface area contributed by atoms with Gasteiger partial charge in [-0.2, -0.15) is 0 Å². The van der Waals surface area contributed by atoms with Crippen LogP contribution >= 0.6 is 7.37 Å². The first-order valence-electron chi connectivity index (χ1n) is 12.4. The first kappa shape index (κ1) is 37.2. The molecule has 4 unspecified atom stereocenters. The van der Waals surface area contributed by atoms with Gasteiger partial charge in [-0.05, 0) is 26.7 Å². The van der Waals surface area contributed by atoms with E-state index in [1.54, 1.807) is 13.3 Å². The van der Waals surface area contributed by atoms with Crippen molar-refractivity contribution in [2.45, 2.75) is 124 Å². The number of nitrogens with one attached hydrogen (secondary N) is 2. The number of hydrogen-bond acceptors (Lipinski definition) is 7. The maximum absolute atomic E-state index is 11.9. The van der Waals surface area contributed by atoms with E-state index in [1.165, 1.54) is 13.8 Å². The molecular weight excluding hydrogens is 482 g/mol. The second-order valence-electron chi connectivity index (χ2n) is 10.1. The lowest BCUT2D eigenvalue weighted by atomic mass is 9.85. The summed E-state index contributed by atoms with van der Waals surface area (Å²) >= 11 is 0. The lowest BCUT2D eigenvalue weighted by Gasteiger charge is -2.45. The predicted molar refractivity (Wildman–Crippen MR) is 146 cm³/mol. The Kier molecular flexibility index (Phi) is 16.7. The van der Waals surface area contributed by atoms with Crippen molar-refractivity contribution in [1.29, 1.82) is 0 Å². The number of ether oxygens (including phenoxy) is 2. The number of amides is 2. The molecule has 10 atom stereocenters. The standard InChI is InChI=1S/C13H26NO4P.C11H21NO3.CH4.B/c1-7-11-13(18-19(5,6)16)8(2)12(9(3)17-11)14-10(4)15;1-5-9-11(14)6(2)10(7(3)15-9)12-8(4)13;;/h8-9,11-13H,7H2,1-6H3,(H,14,15);6-7,9-11,14H,5H2,1-4H3,(H,12,13);1H4;/t8-,9+,11?,12?,13+;6-,7+,9?,10?,11+;;/m11../s1. The molecule has 0 aromatic rings. The van der Waals surface area contributed by atoms with E-state index in [2.05, 4.69) is 10.6 Å². The minimum Gasteiger partial charge on any atom is -0.390 e.